The van der Waals surface area contributed by atoms with Crippen molar-refractivity contribution in [2.75, 3.05) is 26.8 Å². The molecule has 0 aliphatic heterocycles. The van der Waals surface area contributed by atoms with Crippen LogP contribution in [0, 0.1) is 10.8 Å². The monoisotopic (exact) mass is 270 g/mol. The van der Waals surface area contributed by atoms with Gasteiger partial charge in [0.1, 0.15) is 0 Å². The Bertz CT molecular complexity index is 285. The lowest BCUT2D eigenvalue weighted by molar-refractivity contribution is -0.121. The second-order valence-corrected chi connectivity index (χ2v) is 7.35. The topological polar surface area (TPSA) is 50.4 Å². The van der Waals surface area contributed by atoms with Gasteiger partial charge >= 0.3 is 0 Å². The van der Waals surface area contributed by atoms with Gasteiger partial charge in [-0.25, -0.2) is 0 Å². The molecular weight excluding hydrogens is 240 g/mol. The molecule has 1 fully saturated rings. The Kier molecular flexibility index (Phi) is 5.81. The number of amides is 1. The highest BCUT2D eigenvalue weighted by atomic mass is 16.5. The fourth-order valence-electron chi connectivity index (χ4n) is 3.60. The highest BCUT2D eigenvalue weighted by Crippen LogP contribution is 2.45. The average Bonchev–Trinajstić information content (AvgIpc) is 2.19. The lowest BCUT2D eigenvalue weighted by Gasteiger charge is -2.45. The molecular formula is C15H30N2O2. The molecule has 1 aliphatic carbocycles. The summed E-state index contributed by atoms with van der Waals surface area (Å²) in [5.74, 6) is 0.0922. The van der Waals surface area contributed by atoms with E-state index >= 15 is 0 Å². The van der Waals surface area contributed by atoms with E-state index in [9.17, 15) is 4.79 Å². The summed E-state index contributed by atoms with van der Waals surface area (Å²) in [6.45, 7) is 10.9. The maximum absolute atomic E-state index is 11.9. The summed E-state index contributed by atoms with van der Waals surface area (Å²) in [6, 6.07) is 0.301. The van der Waals surface area contributed by atoms with Gasteiger partial charge in [0.15, 0.2) is 0 Å². The first kappa shape index (κ1) is 16.4. The fourth-order valence-corrected chi connectivity index (χ4v) is 3.60. The molecule has 112 valence electrons. The summed E-state index contributed by atoms with van der Waals surface area (Å²) in [4.78, 5) is 11.9. The molecule has 0 aromatic rings. The van der Waals surface area contributed by atoms with E-state index in [2.05, 4.69) is 38.3 Å². The number of ether oxygens (including phenoxy) is 1. The van der Waals surface area contributed by atoms with Crippen LogP contribution in [0.4, 0.5) is 0 Å². The molecule has 0 unspecified atom stereocenters. The summed E-state index contributed by atoms with van der Waals surface area (Å²) in [7, 11) is 1.66. The van der Waals surface area contributed by atoms with Crippen LogP contribution in [0.1, 0.15) is 47.0 Å². The van der Waals surface area contributed by atoms with Gasteiger partial charge in [-0.2, -0.15) is 0 Å². The van der Waals surface area contributed by atoms with E-state index in [0.29, 0.717) is 36.6 Å². The van der Waals surface area contributed by atoms with E-state index in [-0.39, 0.29) is 5.91 Å². The summed E-state index contributed by atoms with van der Waals surface area (Å²) < 4.78 is 4.93. The van der Waals surface area contributed by atoms with Gasteiger partial charge in [0.05, 0.1) is 13.2 Å². The molecule has 1 aliphatic rings. The fraction of sp³-hybridized carbons (Fsp3) is 0.933. The van der Waals surface area contributed by atoms with E-state index in [1.807, 2.05) is 0 Å². The zero-order chi connectivity index (χ0) is 14.5. The quantitative estimate of drug-likeness (QED) is 0.725. The molecule has 0 bridgehead atoms. The van der Waals surface area contributed by atoms with Gasteiger partial charge in [-0.15, -0.1) is 0 Å². The van der Waals surface area contributed by atoms with Gasteiger partial charge in [0, 0.05) is 19.7 Å². The highest BCUT2D eigenvalue weighted by Gasteiger charge is 2.38. The van der Waals surface area contributed by atoms with Crippen LogP contribution in [0.15, 0.2) is 0 Å². The molecule has 4 heteroatoms. The molecule has 0 aromatic heterocycles. The number of nitrogens with one attached hydrogen (secondary N) is 2. The van der Waals surface area contributed by atoms with Gasteiger partial charge < -0.3 is 15.4 Å². The molecule has 0 aromatic carbocycles. The van der Waals surface area contributed by atoms with Crippen molar-refractivity contribution in [1.29, 1.82) is 0 Å². The first-order chi connectivity index (χ1) is 8.74. The summed E-state index contributed by atoms with van der Waals surface area (Å²) in [5, 5.41) is 6.24. The molecule has 0 spiro atoms. The average molecular weight is 270 g/mol. The molecule has 0 saturated heterocycles. The van der Waals surface area contributed by atoms with E-state index in [1.54, 1.807) is 7.11 Å². The van der Waals surface area contributed by atoms with Crippen molar-refractivity contribution >= 4 is 5.91 Å². The van der Waals surface area contributed by atoms with Crippen LogP contribution in [0.2, 0.25) is 0 Å². The predicted molar refractivity (Wildman–Crippen MR) is 78.1 cm³/mol. The van der Waals surface area contributed by atoms with Gasteiger partial charge in [0.2, 0.25) is 5.91 Å². The number of carbonyl (C=O) groups is 1. The normalized spacial score (nSPS) is 22.2. The van der Waals surface area contributed by atoms with Crippen LogP contribution in [0.5, 0.6) is 0 Å². The third kappa shape index (κ3) is 6.39. The van der Waals surface area contributed by atoms with Gasteiger partial charge in [-0.3, -0.25) is 4.79 Å². The molecule has 0 atom stereocenters. The minimum Gasteiger partial charge on any atom is -0.383 e. The summed E-state index contributed by atoms with van der Waals surface area (Å²) in [6.07, 6.45) is 3.36. The van der Waals surface area contributed by atoms with Crippen molar-refractivity contribution in [2.24, 2.45) is 10.8 Å². The molecule has 4 nitrogen and oxygen atoms in total. The molecule has 1 rings (SSSR count). The summed E-state index contributed by atoms with van der Waals surface area (Å²) in [5.41, 5.74) is 0.617. The number of hydrogen-bond donors (Lipinski definition) is 2. The van der Waals surface area contributed by atoms with Gasteiger partial charge in [0.25, 0.3) is 0 Å². The zero-order valence-electron chi connectivity index (χ0n) is 13.1. The second kappa shape index (κ2) is 6.71. The van der Waals surface area contributed by atoms with Gasteiger partial charge in [-0.1, -0.05) is 27.7 Å². The Morgan fingerprint density at radius 2 is 1.79 bits per heavy atom. The van der Waals surface area contributed by atoms with E-state index in [1.165, 1.54) is 6.42 Å². The Hall–Kier alpha value is -0.610. The third-order valence-electron chi connectivity index (χ3n) is 3.69. The standard InChI is InChI=1S/C15H30N2O2/c1-14(2)8-12(9-15(3,4)11-14)17-13(18)10-16-6-7-19-5/h12,16H,6-11H2,1-5H3,(H,17,18). The van der Waals surface area contributed by atoms with Gasteiger partial charge in [-0.05, 0) is 30.1 Å². The minimum absolute atomic E-state index is 0.0922. The van der Waals surface area contributed by atoms with Crippen molar-refractivity contribution in [1.82, 2.24) is 10.6 Å². The van der Waals surface area contributed by atoms with Crippen molar-refractivity contribution in [3.63, 3.8) is 0 Å². The molecule has 0 heterocycles. The van der Waals surface area contributed by atoms with E-state index in [0.717, 1.165) is 12.8 Å². The van der Waals surface area contributed by atoms with Crippen molar-refractivity contribution in [2.45, 2.75) is 53.0 Å². The maximum Gasteiger partial charge on any atom is 0.234 e. The number of methoxy groups -OCH3 is 1. The van der Waals surface area contributed by atoms with E-state index < -0.39 is 0 Å². The Morgan fingerprint density at radius 3 is 2.32 bits per heavy atom. The Labute approximate surface area is 117 Å². The zero-order valence-corrected chi connectivity index (χ0v) is 13.1. The molecule has 19 heavy (non-hydrogen) atoms. The number of hydrogen-bond acceptors (Lipinski definition) is 3. The van der Waals surface area contributed by atoms with Crippen molar-refractivity contribution in [3.05, 3.63) is 0 Å². The minimum atomic E-state index is 0.0922. The Balaban J connectivity index is 2.37. The highest BCUT2D eigenvalue weighted by molar-refractivity contribution is 5.78. The first-order valence-corrected chi connectivity index (χ1v) is 7.23. The smallest absolute Gasteiger partial charge is 0.234 e. The lowest BCUT2D eigenvalue weighted by Crippen LogP contribution is -2.48. The lowest BCUT2D eigenvalue weighted by atomic mass is 9.63. The number of rotatable bonds is 6. The van der Waals surface area contributed by atoms with Crippen LogP contribution in [0.3, 0.4) is 0 Å². The van der Waals surface area contributed by atoms with Crippen LogP contribution >= 0.6 is 0 Å². The SMILES string of the molecule is COCCNCC(=O)NC1CC(C)(C)CC(C)(C)C1. The molecule has 2 N–H and O–H groups in total. The first-order valence-electron chi connectivity index (χ1n) is 7.23. The Morgan fingerprint density at radius 1 is 1.21 bits per heavy atom. The van der Waals surface area contributed by atoms with Crippen molar-refractivity contribution in [3.8, 4) is 0 Å². The van der Waals surface area contributed by atoms with Crippen LogP contribution < -0.4 is 10.6 Å². The third-order valence-corrected chi connectivity index (χ3v) is 3.69. The molecule has 1 saturated carbocycles. The van der Waals surface area contributed by atoms with E-state index in [4.69, 9.17) is 4.74 Å². The molecule has 0 radical (unpaired) electrons. The second-order valence-electron chi connectivity index (χ2n) is 7.35. The summed E-state index contributed by atoms with van der Waals surface area (Å²) >= 11 is 0. The largest absolute Gasteiger partial charge is 0.383 e. The van der Waals surface area contributed by atoms with Crippen LogP contribution in [-0.2, 0) is 9.53 Å². The number of carbonyl (C=O) groups excluding carboxylic acids is 1. The van der Waals surface area contributed by atoms with Crippen molar-refractivity contribution < 1.29 is 9.53 Å². The van der Waals surface area contributed by atoms with Crippen LogP contribution in [-0.4, -0.2) is 38.8 Å². The predicted octanol–water partition coefficient (Wildman–Crippen LogP) is 1.94. The van der Waals surface area contributed by atoms with Crippen LogP contribution in [0.25, 0.3) is 0 Å². The molecule has 1 amide bonds. The maximum atomic E-state index is 11.9.